The van der Waals surface area contributed by atoms with Gasteiger partial charge in [-0.3, -0.25) is 9.59 Å². The van der Waals surface area contributed by atoms with Crippen LogP contribution in [0.2, 0.25) is 0 Å². The number of carbonyl (C=O) groups excluding carboxylic acids is 2. The van der Waals surface area contributed by atoms with Crippen LogP contribution in [0.15, 0.2) is 66.9 Å². The van der Waals surface area contributed by atoms with Gasteiger partial charge in [0.15, 0.2) is 5.65 Å². The molecule has 2 heterocycles. The zero-order valence-electron chi connectivity index (χ0n) is 19.3. The van der Waals surface area contributed by atoms with Crippen molar-refractivity contribution in [3.05, 3.63) is 83.8 Å². The van der Waals surface area contributed by atoms with Crippen LogP contribution in [0.4, 0.5) is 4.39 Å². The van der Waals surface area contributed by atoms with E-state index >= 15 is 0 Å². The van der Waals surface area contributed by atoms with E-state index in [9.17, 15) is 14.0 Å². The minimum Gasteiger partial charge on any atom is -0.350 e. The van der Waals surface area contributed by atoms with Crippen LogP contribution < -0.4 is 10.6 Å². The molecule has 4 rings (SSSR count). The smallest absolute Gasteiger partial charge is 0.252 e. The third-order valence-corrected chi connectivity index (χ3v) is 5.07. The van der Waals surface area contributed by atoms with Crippen LogP contribution in [0.25, 0.3) is 22.3 Å². The summed E-state index contributed by atoms with van der Waals surface area (Å²) >= 11 is 0. The molecule has 4 aromatic rings. The average molecular weight is 460 g/mol. The molecule has 2 aromatic heterocycles. The van der Waals surface area contributed by atoms with E-state index in [0.29, 0.717) is 28.8 Å². The molecule has 0 aliphatic carbocycles. The lowest BCUT2D eigenvalue weighted by molar-refractivity contribution is -0.121. The molecule has 0 atom stereocenters. The van der Waals surface area contributed by atoms with Crippen molar-refractivity contribution < 1.29 is 14.0 Å². The number of pyridine rings is 1. The summed E-state index contributed by atoms with van der Waals surface area (Å²) in [5, 5.41) is 10.5. The molecule has 174 valence electrons. The number of carbonyl (C=O) groups is 2. The Morgan fingerprint density at radius 2 is 1.79 bits per heavy atom. The molecular weight excluding hydrogens is 433 g/mol. The molecular formula is C26H26FN5O2. The molecule has 0 aliphatic rings. The van der Waals surface area contributed by atoms with Gasteiger partial charge in [0.05, 0.1) is 35.9 Å². The van der Waals surface area contributed by atoms with Crippen LogP contribution in [-0.4, -0.2) is 38.7 Å². The van der Waals surface area contributed by atoms with E-state index in [0.717, 1.165) is 11.1 Å². The Morgan fingerprint density at radius 3 is 2.50 bits per heavy atom. The van der Waals surface area contributed by atoms with Crippen LogP contribution in [0.5, 0.6) is 0 Å². The molecule has 2 amide bonds. The van der Waals surface area contributed by atoms with E-state index in [1.165, 1.54) is 12.1 Å². The Hall–Kier alpha value is -4.07. The molecule has 0 bridgehead atoms. The van der Waals surface area contributed by atoms with Crippen LogP contribution >= 0.6 is 0 Å². The highest BCUT2D eigenvalue weighted by molar-refractivity contribution is 6.07. The fourth-order valence-electron chi connectivity index (χ4n) is 3.63. The highest BCUT2D eigenvalue weighted by atomic mass is 19.1. The Labute approximate surface area is 197 Å². The maximum atomic E-state index is 13.7. The lowest BCUT2D eigenvalue weighted by atomic mass is 10.1. The van der Waals surface area contributed by atoms with Gasteiger partial charge in [-0.1, -0.05) is 42.5 Å². The van der Waals surface area contributed by atoms with E-state index in [4.69, 9.17) is 4.98 Å². The van der Waals surface area contributed by atoms with E-state index in [1.807, 2.05) is 51.1 Å². The number of nitrogens with one attached hydrogen (secondary N) is 2. The molecule has 34 heavy (non-hydrogen) atoms. The Balaban J connectivity index is 1.71. The monoisotopic (exact) mass is 459 g/mol. The fraction of sp³-hybridized carbons (Fsp3) is 0.231. The summed E-state index contributed by atoms with van der Waals surface area (Å²) in [5.74, 6) is -1.02. The van der Waals surface area contributed by atoms with Gasteiger partial charge in [-0.25, -0.2) is 14.1 Å². The normalized spacial score (nSPS) is 11.4. The van der Waals surface area contributed by atoms with E-state index in [2.05, 4.69) is 15.7 Å². The maximum Gasteiger partial charge on any atom is 0.252 e. The molecule has 0 saturated carbocycles. The van der Waals surface area contributed by atoms with Crippen molar-refractivity contribution in [2.45, 2.75) is 32.9 Å². The molecule has 0 fully saturated rings. The topological polar surface area (TPSA) is 88.9 Å². The molecule has 8 heteroatoms. The largest absolute Gasteiger partial charge is 0.350 e. The standard InChI is InChI=1S/C26H26FN5O2/c1-26(2,3)31-23(33)15-28-25(34)20-13-22(18-9-5-4-6-10-18)30-24-21(20)14-29-32(24)16-17-8-7-11-19(27)12-17/h4-14H,15-16H2,1-3H3,(H,28,34)(H,31,33). The number of fused-ring (bicyclic) bond motifs is 1. The summed E-state index contributed by atoms with van der Waals surface area (Å²) in [6, 6.07) is 17.5. The van der Waals surface area contributed by atoms with Gasteiger partial charge >= 0.3 is 0 Å². The van der Waals surface area contributed by atoms with Gasteiger partial charge in [0.25, 0.3) is 5.91 Å². The van der Waals surface area contributed by atoms with Crippen LogP contribution in [0, 0.1) is 5.82 Å². The first-order valence-corrected chi connectivity index (χ1v) is 11.0. The molecule has 0 aliphatic heterocycles. The first-order valence-electron chi connectivity index (χ1n) is 11.0. The predicted octanol–water partition coefficient (Wildman–Crippen LogP) is 3.93. The third kappa shape index (κ3) is 5.46. The highest BCUT2D eigenvalue weighted by Crippen LogP contribution is 2.25. The van der Waals surface area contributed by atoms with Crippen molar-refractivity contribution in [3.8, 4) is 11.3 Å². The van der Waals surface area contributed by atoms with Gasteiger partial charge in [0.1, 0.15) is 5.82 Å². The minimum atomic E-state index is -0.404. The second kappa shape index (κ2) is 9.43. The molecule has 0 saturated heterocycles. The number of aromatic nitrogens is 3. The molecule has 0 unspecified atom stereocenters. The SMILES string of the molecule is CC(C)(C)NC(=O)CNC(=O)c1cc(-c2ccccc2)nc2c1cnn2Cc1cccc(F)c1. The maximum absolute atomic E-state index is 13.7. The third-order valence-electron chi connectivity index (χ3n) is 5.07. The first kappa shape index (κ1) is 23.1. The Morgan fingerprint density at radius 1 is 1.03 bits per heavy atom. The number of amides is 2. The van der Waals surface area contributed by atoms with E-state index in [1.54, 1.807) is 29.1 Å². The lowest BCUT2D eigenvalue weighted by Crippen LogP contribution is -2.45. The summed E-state index contributed by atoms with van der Waals surface area (Å²) in [6.07, 6.45) is 1.57. The van der Waals surface area contributed by atoms with Crippen molar-refractivity contribution >= 4 is 22.8 Å². The summed E-state index contributed by atoms with van der Waals surface area (Å²) in [7, 11) is 0. The number of hydrogen-bond acceptors (Lipinski definition) is 4. The molecule has 2 N–H and O–H groups in total. The van der Waals surface area contributed by atoms with Crippen molar-refractivity contribution in [3.63, 3.8) is 0 Å². The molecule has 0 spiro atoms. The Bertz CT molecular complexity index is 1340. The zero-order valence-corrected chi connectivity index (χ0v) is 19.3. The molecule has 0 radical (unpaired) electrons. The van der Waals surface area contributed by atoms with E-state index in [-0.39, 0.29) is 18.3 Å². The lowest BCUT2D eigenvalue weighted by Gasteiger charge is -2.20. The number of nitrogens with zero attached hydrogens (tertiary/aromatic N) is 3. The van der Waals surface area contributed by atoms with Gasteiger partial charge in [0.2, 0.25) is 5.91 Å². The van der Waals surface area contributed by atoms with Gasteiger partial charge < -0.3 is 10.6 Å². The number of hydrogen-bond donors (Lipinski definition) is 2. The molecule has 7 nitrogen and oxygen atoms in total. The summed E-state index contributed by atoms with van der Waals surface area (Å²) < 4.78 is 15.3. The van der Waals surface area contributed by atoms with Crippen molar-refractivity contribution in [1.29, 1.82) is 0 Å². The minimum absolute atomic E-state index is 0.155. The van der Waals surface area contributed by atoms with Crippen molar-refractivity contribution in [2.24, 2.45) is 0 Å². The number of benzene rings is 2. The zero-order chi connectivity index (χ0) is 24.3. The Kier molecular flexibility index (Phi) is 6.40. The van der Waals surface area contributed by atoms with Gasteiger partial charge in [-0.05, 0) is 44.5 Å². The summed E-state index contributed by atoms with van der Waals surface area (Å²) in [6.45, 7) is 5.76. The van der Waals surface area contributed by atoms with Crippen LogP contribution in [0.3, 0.4) is 0 Å². The van der Waals surface area contributed by atoms with Gasteiger partial charge in [-0.15, -0.1) is 0 Å². The second-order valence-corrected chi connectivity index (χ2v) is 9.07. The quantitative estimate of drug-likeness (QED) is 0.457. The summed E-state index contributed by atoms with van der Waals surface area (Å²) in [4.78, 5) is 30.1. The van der Waals surface area contributed by atoms with Crippen molar-refractivity contribution in [2.75, 3.05) is 6.54 Å². The van der Waals surface area contributed by atoms with Crippen LogP contribution in [0.1, 0.15) is 36.7 Å². The highest BCUT2D eigenvalue weighted by Gasteiger charge is 2.19. The fourth-order valence-corrected chi connectivity index (χ4v) is 3.63. The molecule has 2 aromatic carbocycles. The van der Waals surface area contributed by atoms with Gasteiger partial charge in [0, 0.05) is 11.1 Å². The summed E-state index contributed by atoms with van der Waals surface area (Å²) in [5.41, 5.74) is 2.61. The first-order chi connectivity index (χ1) is 16.2. The number of halogens is 1. The van der Waals surface area contributed by atoms with Crippen LogP contribution in [-0.2, 0) is 11.3 Å². The van der Waals surface area contributed by atoms with Gasteiger partial charge in [-0.2, -0.15) is 5.10 Å². The average Bonchev–Trinajstić information content (AvgIpc) is 3.19. The van der Waals surface area contributed by atoms with Crippen molar-refractivity contribution in [1.82, 2.24) is 25.4 Å². The predicted molar refractivity (Wildman–Crippen MR) is 129 cm³/mol. The second-order valence-electron chi connectivity index (χ2n) is 9.07. The van der Waals surface area contributed by atoms with E-state index < -0.39 is 11.4 Å². The number of rotatable bonds is 6.